The fraction of sp³-hybridized carbons (Fsp3) is 1.00. The third kappa shape index (κ3) is 0.743. The van der Waals surface area contributed by atoms with Crippen LogP contribution in [0.3, 0.4) is 0 Å². The molecule has 0 amide bonds. The molecule has 0 N–H and O–H groups in total. The van der Waals surface area contributed by atoms with Crippen LogP contribution in [0, 0.1) is 17.3 Å². The zero-order chi connectivity index (χ0) is 9.97. The van der Waals surface area contributed by atoms with Gasteiger partial charge in [-0.3, -0.25) is 0 Å². The van der Waals surface area contributed by atoms with Crippen LogP contribution in [0.2, 0.25) is 0 Å². The molecule has 0 aromatic rings. The fourth-order valence-electron chi connectivity index (χ4n) is 5.10. The first-order valence-corrected chi connectivity index (χ1v) is 6.29. The highest BCUT2D eigenvalue weighted by Gasteiger charge is 2.67. The maximum atomic E-state index is 2.55. The largest absolute Gasteiger partial charge is 0.303 e. The van der Waals surface area contributed by atoms with Gasteiger partial charge in [-0.15, -0.1) is 0 Å². The summed E-state index contributed by atoms with van der Waals surface area (Å²) in [6, 6.07) is 0. The molecule has 2 bridgehead atoms. The number of rotatable bonds is 1. The highest BCUT2D eigenvalue weighted by molar-refractivity contribution is 5.20. The Labute approximate surface area is 87.9 Å². The van der Waals surface area contributed by atoms with E-state index in [1.807, 2.05) is 0 Å². The first kappa shape index (κ1) is 9.21. The molecule has 0 aliphatic heterocycles. The second-order valence-electron chi connectivity index (χ2n) is 6.26. The van der Waals surface area contributed by atoms with E-state index in [4.69, 9.17) is 0 Å². The summed E-state index contributed by atoms with van der Waals surface area (Å²) in [7, 11) is 4.61. The van der Waals surface area contributed by atoms with Crippen LogP contribution in [0.5, 0.6) is 0 Å². The minimum Gasteiger partial charge on any atom is -0.303 e. The Morgan fingerprint density at radius 2 is 1.71 bits per heavy atom. The minimum atomic E-state index is 0.536. The summed E-state index contributed by atoms with van der Waals surface area (Å²) in [5.41, 5.74) is 1.27. The maximum absolute atomic E-state index is 2.55. The van der Waals surface area contributed by atoms with E-state index in [-0.39, 0.29) is 0 Å². The molecular formula is C13H23N. The SMILES string of the molecule is CN(C)C1(C)C2CCC(C2)C12CCC2. The molecule has 1 nitrogen and oxygen atoms in total. The lowest BCUT2D eigenvalue weighted by Crippen LogP contribution is -2.61. The number of nitrogens with zero attached hydrogens (tertiary/aromatic N) is 1. The van der Waals surface area contributed by atoms with E-state index in [1.54, 1.807) is 0 Å². The first-order chi connectivity index (χ1) is 6.61. The zero-order valence-corrected chi connectivity index (χ0v) is 9.84. The first-order valence-electron chi connectivity index (χ1n) is 6.29. The average molecular weight is 193 g/mol. The standard InChI is InChI=1S/C13H23N/c1-12(14(2)3)10-5-6-11(9-10)13(12)7-4-8-13/h10-11H,4-9H2,1-3H3. The van der Waals surface area contributed by atoms with E-state index < -0.39 is 0 Å². The third-order valence-corrected chi connectivity index (χ3v) is 6.19. The summed E-state index contributed by atoms with van der Waals surface area (Å²) in [5, 5.41) is 0. The van der Waals surface area contributed by atoms with Crippen molar-refractivity contribution in [3.8, 4) is 0 Å². The molecule has 1 heteroatoms. The van der Waals surface area contributed by atoms with Crippen molar-refractivity contribution in [3.63, 3.8) is 0 Å². The van der Waals surface area contributed by atoms with Gasteiger partial charge in [0.2, 0.25) is 0 Å². The highest BCUT2D eigenvalue weighted by Crippen LogP contribution is 2.70. The Morgan fingerprint density at radius 3 is 2.14 bits per heavy atom. The van der Waals surface area contributed by atoms with E-state index in [2.05, 4.69) is 25.9 Å². The van der Waals surface area contributed by atoms with Crippen molar-refractivity contribution in [2.45, 2.75) is 51.0 Å². The number of hydrogen-bond acceptors (Lipinski definition) is 1. The molecule has 80 valence electrons. The Kier molecular flexibility index (Phi) is 1.68. The average Bonchev–Trinajstić information content (AvgIpc) is 2.58. The monoisotopic (exact) mass is 193 g/mol. The van der Waals surface area contributed by atoms with Crippen LogP contribution >= 0.6 is 0 Å². The van der Waals surface area contributed by atoms with Gasteiger partial charge in [-0.2, -0.15) is 0 Å². The van der Waals surface area contributed by atoms with Crippen LogP contribution in [0.1, 0.15) is 45.4 Å². The van der Waals surface area contributed by atoms with Crippen LogP contribution < -0.4 is 0 Å². The van der Waals surface area contributed by atoms with Crippen LogP contribution in [0.4, 0.5) is 0 Å². The Balaban J connectivity index is 2.02. The summed E-state index contributed by atoms with van der Waals surface area (Å²) in [4.78, 5) is 2.55. The van der Waals surface area contributed by atoms with Gasteiger partial charge in [0.05, 0.1) is 0 Å². The summed E-state index contributed by atoms with van der Waals surface area (Å²) in [6.45, 7) is 2.55. The molecule has 3 aliphatic carbocycles. The fourth-order valence-corrected chi connectivity index (χ4v) is 5.10. The molecule has 0 aromatic carbocycles. The lowest BCUT2D eigenvalue weighted by atomic mass is 9.51. The third-order valence-electron chi connectivity index (χ3n) is 6.19. The van der Waals surface area contributed by atoms with Crippen LogP contribution in [0.15, 0.2) is 0 Å². The predicted octanol–water partition coefficient (Wildman–Crippen LogP) is 2.91. The van der Waals surface area contributed by atoms with Gasteiger partial charge >= 0.3 is 0 Å². The van der Waals surface area contributed by atoms with Crippen molar-refractivity contribution < 1.29 is 0 Å². The van der Waals surface area contributed by atoms with Gasteiger partial charge in [0.25, 0.3) is 0 Å². The molecule has 14 heavy (non-hydrogen) atoms. The summed E-state index contributed by atoms with van der Waals surface area (Å²) >= 11 is 0. The van der Waals surface area contributed by atoms with E-state index in [0.29, 0.717) is 5.54 Å². The zero-order valence-electron chi connectivity index (χ0n) is 9.84. The van der Waals surface area contributed by atoms with Crippen molar-refractivity contribution in [2.24, 2.45) is 17.3 Å². The van der Waals surface area contributed by atoms with Crippen molar-refractivity contribution in [3.05, 3.63) is 0 Å². The molecule has 0 saturated heterocycles. The van der Waals surface area contributed by atoms with Gasteiger partial charge in [0.15, 0.2) is 0 Å². The Morgan fingerprint density at radius 1 is 1.07 bits per heavy atom. The lowest BCUT2D eigenvalue weighted by molar-refractivity contribution is -0.0931. The number of fused-ring (bicyclic) bond motifs is 3. The van der Waals surface area contributed by atoms with Crippen molar-refractivity contribution in [2.75, 3.05) is 14.1 Å². The van der Waals surface area contributed by atoms with Crippen molar-refractivity contribution in [1.29, 1.82) is 0 Å². The molecule has 3 saturated carbocycles. The van der Waals surface area contributed by atoms with Crippen molar-refractivity contribution >= 4 is 0 Å². The highest BCUT2D eigenvalue weighted by atomic mass is 15.2. The normalized spacial score (nSPS) is 48.9. The van der Waals surface area contributed by atoms with Gasteiger partial charge < -0.3 is 4.90 Å². The van der Waals surface area contributed by atoms with E-state index in [0.717, 1.165) is 17.3 Å². The molecule has 1 spiro atoms. The smallest absolute Gasteiger partial charge is 0.0262 e. The molecule has 0 aromatic heterocycles. The van der Waals surface area contributed by atoms with Gasteiger partial charge in [-0.1, -0.05) is 6.42 Å². The molecular weight excluding hydrogens is 170 g/mol. The summed E-state index contributed by atoms with van der Waals surface area (Å²) in [5.74, 6) is 2.08. The second-order valence-corrected chi connectivity index (χ2v) is 6.26. The van der Waals surface area contributed by atoms with E-state index in [1.165, 1.54) is 38.5 Å². The lowest BCUT2D eigenvalue weighted by Gasteiger charge is -2.60. The Bertz CT molecular complexity index is 254. The molecule has 3 atom stereocenters. The molecule has 3 rings (SSSR count). The molecule has 3 aliphatic rings. The van der Waals surface area contributed by atoms with Gasteiger partial charge in [-0.05, 0) is 70.4 Å². The topological polar surface area (TPSA) is 3.24 Å². The van der Waals surface area contributed by atoms with E-state index >= 15 is 0 Å². The van der Waals surface area contributed by atoms with Crippen LogP contribution in [-0.2, 0) is 0 Å². The molecule has 0 radical (unpaired) electrons. The van der Waals surface area contributed by atoms with Gasteiger partial charge in [0, 0.05) is 5.54 Å². The second kappa shape index (κ2) is 2.55. The van der Waals surface area contributed by atoms with Crippen LogP contribution in [0.25, 0.3) is 0 Å². The summed E-state index contributed by atoms with van der Waals surface area (Å²) < 4.78 is 0. The molecule has 3 fully saturated rings. The van der Waals surface area contributed by atoms with Gasteiger partial charge in [0.1, 0.15) is 0 Å². The Hall–Kier alpha value is -0.0400. The molecule has 3 unspecified atom stereocenters. The maximum Gasteiger partial charge on any atom is 0.0262 e. The minimum absolute atomic E-state index is 0.536. The van der Waals surface area contributed by atoms with Gasteiger partial charge in [-0.25, -0.2) is 0 Å². The van der Waals surface area contributed by atoms with Crippen LogP contribution in [-0.4, -0.2) is 24.5 Å². The molecule has 0 heterocycles. The summed E-state index contributed by atoms with van der Waals surface area (Å²) in [6.07, 6.45) is 9.10. The number of hydrogen-bond donors (Lipinski definition) is 0. The predicted molar refractivity (Wildman–Crippen MR) is 59.2 cm³/mol. The van der Waals surface area contributed by atoms with Crippen molar-refractivity contribution in [1.82, 2.24) is 4.90 Å². The quantitative estimate of drug-likeness (QED) is 0.619. The van der Waals surface area contributed by atoms with E-state index in [9.17, 15) is 0 Å².